The highest BCUT2D eigenvalue weighted by atomic mass is 16.3. The van der Waals surface area contributed by atoms with Crippen LogP contribution in [-0.2, 0) is 0 Å². The number of hydrogen-bond acceptors (Lipinski definition) is 1. The van der Waals surface area contributed by atoms with Gasteiger partial charge in [-0.3, -0.25) is 0 Å². The predicted octanol–water partition coefficient (Wildman–Crippen LogP) is 0.0926. The average molecular weight is 146 g/mol. The molecule has 0 fully saturated rings. The molecule has 0 atom stereocenters. The molecule has 2 N–H and O–H groups in total. The average Bonchev–Trinajstić information content (AvgIpc) is 2.04. The van der Waals surface area contributed by atoms with Crippen molar-refractivity contribution in [1.82, 2.24) is 0 Å². The minimum atomic E-state index is 0.448. The first-order chi connectivity index (χ1) is 5.36. The third-order valence-corrected chi connectivity index (χ3v) is 1.57. The van der Waals surface area contributed by atoms with Crippen LogP contribution in [0.5, 0.6) is 0 Å². The van der Waals surface area contributed by atoms with Gasteiger partial charge in [-0.25, -0.2) is 5.41 Å². The lowest BCUT2D eigenvalue weighted by atomic mass is 10.2. The fourth-order valence-corrected chi connectivity index (χ4v) is 1.04. The van der Waals surface area contributed by atoms with Gasteiger partial charge in [0, 0.05) is 5.39 Å². The van der Waals surface area contributed by atoms with Crippen molar-refractivity contribution in [3.05, 3.63) is 42.0 Å². The van der Waals surface area contributed by atoms with E-state index < -0.39 is 0 Å². The van der Waals surface area contributed by atoms with Gasteiger partial charge < -0.3 is 4.42 Å². The van der Waals surface area contributed by atoms with E-state index in [1.54, 1.807) is 6.07 Å². The SMILES string of the molecule is [NH2+]=c1ccc2ccccc2o1. The molecular weight excluding hydrogens is 138 g/mol. The summed E-state index contributed by atoms with van der Waals surface area (Å²) in [5.41, 5.74) is 1.27. The molecule has 0 saturated heterocycles. The van der Waals surface area contributed by atoms with Crippen LogP contribution < -0.4 is 11.0 Å². The second kappa shape index (κ2) is 2.23. The Morgan fingerprint density at radius 2 is 1.82 bits per heavy atom. The molecule has 1 aromatic heterocycles. The first-order valence-corrected chi connectivity index (χ1v) is 3.43. The molecule has 0 radical (unpaired) electrons. The Hall–Kier alpha value is -1.57. The number of fused-ring (bicyclic) bond motifs is 1. The molecule has 0 aliphatic heterocycles. The maximum atomic E-state index is 5.46. The molecule has 2 aromatic rings. The largest absolute Gasteiger partial charge is 0.405 e. The Bertz CT molecular complexity index is 431. The van der Waals surface area contributed by atoms with Crippen LogP contribution in [0.25, 0.3) is 11.0 Å². The highest BCUT2D eigenvalue weighted by Gasteiger charge is 1.92. The highest BCUT2D eigenvalue weighted by Crippen LogP contribution is 2.08. The molecule has 0 saturated carbocycles. The summed E-state index contributed by atoms with van der Waals surface area (Å²) >= 11 is 0. The van der Waals surface area contributed by atoms with Crippen LogP contribution in [0.3, 0.4) is 0 Å². The number of hydrogen-bond donors (Lipinski definition) is 1. The predicted molar refractivity (Wildman–Crippen MR) is 41.3 cm³/mol. The van der Waals surface area contributed by atoms with Crippen LogP contribution in [0.15, 0.2) is 40.8 Å². The standard InChI is InChI=1S/C9H7NO/c10-9-6-5-7-3-1-2-4-8(7)11-9/h1-6,10H/p+1. The van der Waals surface area contributed by atoms with E-state index in [9.17, 15) is 0 Å². The summed E-state index contributed by atoms with van der Waals surface area (Å²) in [4.78, 5) is 0. The van der Waals surface area contributed by atoms with E-state index in [0.29, 0.717) is 5.55 Å². The van der Waals surface area contributed by atoms with Crippen molar-refractivity contribution in [2.75, 3.05) is 0 Å². The molecule has 11 heavy (non-hydrogen) atoms. The second-order valence-corrected chi connectivity index (χ2v) is 2.38. The molecular formula is C9H8NO+. The zero-order chi connectivity index (χ0) is 7.68. The van der Waals surface area contributed by atoms with Gasteiger partial charge in [-0.15, -0.1) is 0 Å². The fraction of sp³-hybridized carbons (Fsp3) is 0. The minimum Gasteiger partial charge on any atom is -0.405 e. The Morgan fingerprint density at radius 3 is 2.73 bits per heavy atom. The summed E-state index contributed by atoms with van der Waals surface area (Å²) in [5, 5.41) is 6.53. The van der Waals surface area contributed by atoms with Crippen molar-refractivity contribution in [2.24, 2.45) is 0 Å². The maximum absolute atomic E-state index is 5.46. The molecule has 2 nitrogen and oxygen atoms in total. The van der Waals surface area contributed by atoms with Crippen LogP contribution in [0.4, 0.5) is 0 Å². The van der Waals surface area contributed by atoms with Crippen LogP contribution in [0, 0.1) is 0 Å². The maximum Gasteiger partial charge on any atom is 0.364 e. The van der Waals surface area contributed by atoms with Crippen molar-refractivity contribution >= 4 is 11.0 Å². The van der Waals surface area contributed by atoms with Gasteiger partial charge >= 0.3 is 5.55 Å². The van der Waals surface area contributed by atoms with Gasteiger partial charge in [-0.1, -0.05) is 18.2 Å². The normalized spacial score (nSPS) is 10.2. The number of nitrogens with two attached hydrogens (primary N) is 1. The van der Waals surface area contributed by atoms with Crippen molar-refractivity contribution in [3.8, 4) is 0 Å². The lowest BCUT2D eigenvalue weighted by Gasteiger charge is -1.90. The summed E-state index contributed by atoms with van der Waals surface area (Å²) in [6, 6.07) is 11.5. The van der Waals surface area contributed by atoms with Gasteiger partial charge in [0.05, 0.1) is 6.07 Å². The van der Waals surface area contributed by atoms with E-state index in [1.165, 1.54) is 0 Å². The quantitative estimate of drug-likeness (QED) is 0.562. The van der Waals surface area contributed by atoms with Gasteiger partial charge in [-0.05, 0) is 12.1 Å². The molecule has 0 amide bonds. The first kappa shape index (κ1) is 6.16. The number of para-hydroxylation sites is 1. The lowest BCUT2D eigenvalue weighted by Crippen LogP contribution is -2.44. The van der Waals surface area contributed by atoms with Gasteiger partial charge in [0.2, 0.25) is 0 Å². The summed E-state index contributed by atoms with van der Waals surface area (Å²) in [6.45, 7) is 0. The molecule has 2 rings (SSSR count). The molecule has 1 aromatic carbocycles. The smallest absolute Gasteiger partial charge is 0.364 e. The zero-order valence-corrected chi connectivity index (χ0v) is 5.95. The van der Waals surface area contributed by atoms with Gasteiger partial charge in [-0.2, -0.15) is 0 Å². The van der Waals surface area contributed by atoms with E-state index in [1.807, 2.05) is 30.3 Å². The van der Waals surface area contributed by atoms with Crippen molar-refractivity contribution in [3.63, 3.8) is 0 Å². The lowest BCUT2D eigenvalue weighted by molar-refractivity contribution is -0.197. The molecule has 0 bridgehead atoms. The summed E-state index contributed by atoms with van der Waals surface area (Å²) in [6.07, 6.45) is 0. The summed E-state index contributed by atoms with van der Waals surface area (Å²) in [5.74, 6) is 0. The fourth-order valence-electron chi connectivity index (χ4n) is 1.04. The van der Waals surface area contributed by atoms with E-state index in [0.717, 1.165) is 11.0 Å². The highest BCUT2D eigenvalue weighted by molar-refractivity contribution is 5.75. The monoisotopic (exact) mass is 146 g/mol. The van der Waals surface area contributed by atoms with Gasteiger partial charge in [0.25, 0.3) is 0 Å². The molecule has 1 heterocycles. The first-order valence-electron chi connectivity index (χ1n) is 3.43. The van der Waals surface area contributed by atoms with Crippen LogP contribution in [0.2, 0.25) is 0 Å². The third-order valence-electron chi connectivity index (χ3n) is 1.57. The molecule has 0 spiro atoms. The number of rotatable bonds is 0. The van der Waals surface area contributed by atoms with E-state index >= 15 is 0 Å². The number of benzene rings is 1. The van der Waals surface area contributed by atoms with Crippen LogP contribution >= 0.6 is 0 Å². The summed E-state index contributed by atoms with van der Waals surface area (Å²) in [7, 11) is 0. The van der Waals surface area contributed by atoms with E-state index in [2.05, 4.69) is 0 Å². The van der Waals surface area contributed by atoms with Crippen LogP contribution in [0.1, 0.15) is 0 Å². The molecule has 54 valence electrons. The Labute approximate surface area is 63.6 Å². The topological polar surface area (TPSA) is 38.7 Å². The Kier molecular flexibility index (Phi) is 1.25. The molecule has 2 heteroatoms. The van der Waals surface area contributed by atoms with Crippen molar-refractivity contribution in [1.29, 1.82) is 0 Å². The van der Waals surface area contributed by atoms with Crippen molar-refractivity contribution in [2.45, 2.75) is 0 Å². The zero-order valence-electron chi connectivity index (χ0n) is 5.95. The third kappa shape index (κ3) is 1.03. The molecule has 0 aliphatic carbocycles. The van der Waals surface area contributed by atoms with Gasteiger partial charge in [0.15, 0.2) is 0 Å². The minimum absolute atomic E-state index is 0.448. The summed E-state index contributed by atoms with van der Waals surface area (Å²) < 4.78 is 5.24. The van der Waals surface area contributed by atoms with Crippen LogP contribution in [-0.4, -0.2) is 0 Å². The van der Waals surface area contributed by atoms with Crippen molar-refractivity contribution < 1.29 is 9.83 Å². The van der Waals surface area contributed by atoms with E-state index in [4.69, 9.17) is 9.83 Å². The Morgan fingerprint density at radius 1 is 1.00 bits per heavy atom. The second-order valence-electron chi connectivity index (χ2n) is 2.38. The van der Waals surface area contributed by atoms with E-state index in [-0.39, 0.29) is 0 Å². The van der Waals surface area contributed by atoms with Gasteiger partial charge in [0.1, 0.15) is 5.58 Å². The molecule has 0 unspecified atom stereocenters. The molecule has 0 aliphatic rings. The Balaban J connectivity index is 2.94.